The van der Waals surface area contributed by atoms with Crippen LogP contribution < -0.4 is 10.1 Å². The van der Waals surface area contributed by atoms with E-state index in [0.29, 0.717) is 35.9 Å². The van der Waals surface area contributed by atoms with Crippen LogP contribution in [-0.4, -0.2) is 86.2 Å². The zero-order chi connectivity index (χ0) is 29.6. The number of aromatic amines is 1. The number of carbonyl (C=O) groups excluding carboxylic acids is 2. The van der Waals surface area contributed by atoms with Gasteiger partial charge in [0, 0.05) is 54.0 Å². The summed E-state index contributed by atoms with van der Waals surface area (Å²) in [5.41, 5.74) is 2.73. The number of piperazine rings is 1. The minimum Gasteiger partial charge on any atom is -0.494 e. The Labute approximate surface area is 244 Å². The van der Waals surface area contributed by atoms with Gasteiger partial charge in [-0.05, 0) is 48.2 Å². The summed E-state index contributed by atoms with van der Waals surface area (Å²) >= 11 is 0. The van der Waals surface area contributed by atoms with Crippen LogP contribution >= 0.6 is 0 Å². The van der Waals surface area contributed by atoms with Crippen LogP contribution in [0.3, 0.4) is 0 Å². The number of hydrogen-bond donors (Lipinski definition) is 3. The normalized spacial score (nSPS) is 20.1. The highest BCUT2D eigenvalue weighted by molar-refractivity contribution is 5.98. The van der Waals surface area contributed by atoms with Crippen LogP contribution in [0.5, 0.6) is 5.75 Å². The van der Waals surface area contributed by atoms with Crippen LogP contribution in [0.15, 0.2) is 67.0 Å². The lowest BCUT2D eigenvalue weighted by Gasteiger charge is -2.43. The number of aliphatic hydroxyl groups is 1. The molecule has 0 aliphatic carbocycles. The van der Waals surface area contributed by atoms with Crippen molar-refractivity contribution < 1.29 is 19.4 Å². The number of amides is 2. The van der Waals surface area contributed by atoms with Crippen molar-refractivity contribution in [3.8, 4) is 17.0 Å². The van der Waals surface area contributed by atoms with E-state index in [0.717, 1.165) is 22.9 Å². The molecular weight excluding hydrogens is 532 g/mol. The summed E-state index contributed by atoms with van der Waals surface area (Å²) in [5.74, 6) is 0.250. The molecule has 1 aromatic carbocycles. The maximum absolute atomic E-state index is 13.4. The first-order chi connectivity index (χ1) is 20.1. The molecule has 10 heteroatoms. The monoisotopic (exact) mass is 568 g/mol. The Hall–Kier alpha value is -4.28. The van der Waals surface area contributed by atoms with Gasteiger partial charge in [0.15, 0.2) is 0 Å². The predicted octanol–water partition coefficient (Wildman–Crippen LogP) is 3.70. The first kappa shape index (κ1) is 27.9. The van der Waals surface area contributed by atoms with Gasteiger partial charge in [0.1, 0.15) is 29.1 Å². The molecule has 10 nitrogen and oxygen atoms in total. The van der Waals surface area contributed by atoms with Gasteiger partial charge in [0.2, 0.25) is 0 Å². The average molecular weight is 569 g/mol. The summed E-state index contributed by atoms with van der Waals surface area (Å²) in [5, 5.41) is 15.6. The number of nitrogens with zero attached hydrogens (tertiary/aromatic N) is 4. The molecular formula is C32H36N6O4. The van der Waals surface area contributed by atoms with Gasteiger partial charge in [-0.1, -0.05) is 39.0 Å². The minimum atomic E-state index is -0.906. The molecule has 3 aromatic heterocycles. The van der Waals surface area contributed by atoms with Crippen molar-refractivity contribution in [1.29, 1.82) is 0 Å². The molecule has 2 aliphatic heterocycles. The van der Waals surface area contributed by atoms with E-state index in [4.69, 9.17) is 4.74 Å². The molecule has 6 rings (SSSR count). The summed E-state index contributed by atoms with van der Waals surface area (Å²) in [6.45, 7) is 7.03. The Kier molecular flexibility index (Phi) is 7.20. The lowest BCUT2D eigenvalue weighted by atomic mass is 9.84. The molecule has 2 saturated heterocycles. The Morgan fingerprint density at radius 1 is 1.07 bits per heavy atom. The molecule has 2 amide bonds. The number of fused-ring (bicyclic) bond motifs is 3. The Morgan fingerprint density at radius 3 is 2.55 bits per heavy atom. The molecule has 0 spiro atoms. The van der Waals surface area contributed by atoms with Crippen LogP contribution in [0.1, 0.15) is 48.2 Å². The highest BCUT2D eigenvalue weighted by atomic mass is 16.5. The Balaban J connectivity index is 1.13. The number of carbonyl (C=O) groups is 2. The number of nitrogens with one attached hydrogen (secondary N) is 2. The molecule has 2 fully saturated rings. The fraction of sp³-hybridized carbons (Fsp3) is 0.375. The molecule has 4 aromatic rings. The number of aromatic nitrogens is 3. The predicted molar refractivity (Wildman–Crippen MR) is 159 cm³/mol. The largest absolute Gasteiger partial charge is 0.494 e. The fourth-order valence-electron chi connectivity index (χ4n) is 6.19. The van der Waals surface area contributed by atoms with Crippen LogP contribution in [0.4, 0.5) is 0 Å². The second-order valence-corrected chi connectivity index (χ2v) is 12.2. The molecule has 0 radical (unpaired) electrons. The van der Waals surface area contributed by atoms with Gasteiger partial charge < -0.3 is 25.0 Å². The van der Waals surface area contributed by atoms with Crippen molar-refractivity contribution in [3.63, 3.8) is 0 Å². The van der Waals surface area contributed by atoms with Crippen LogP contribution in [0, 0.1) is 5.41 Å². The first-order valence-corrected chi connectivity index (χ1v) is 14.2. The fourth-order valence-corrected chi connectivity index (χ4v) is 6.19. The molecule has 4 atom stereocenters. The highest BCUT2D eigenvalue weighted by Crippen LogP contribution is 2.36. The highest BCUT2D eigenvalue weighted by Gasteiger charge is 2.50. The van der Waals surface area contributed by atoms with Crippen molar-refractivity contribution >= 4 is 22.7 Å². The molecule has 42 heavy (non-hydrogen) atoms. The molecule has 5 heterocycles. The van der Waals surface area contributed by atoms with Crippen molar-refractivity contribution in [2.75, 3.05) is 20.2 Å². The number of aliphatic hydroxyl groups excluding tert-OH is 1. The molecule has 2 bridgehead atoms. The van der Waals surface area contributed by atoms with Gasteiger partial charge in [0.25, 0.3) is 11.8 Å². The number of benzene rings is 1. The number of rotatable bonds is 7. The maximum atomic E-state index is 13.4. The molecule has 2 aliphatic rings. The van der Waals surface area contributed by atoms with E-state index >= 15 is 0 Å². The van der Waals surface area contributed by atoms with E-state index in [9.17, 15) is 14.7 Å². The van der Waals surface area contributed by atoms with Crippen molar-refractivity contribution in [3.05, 3.63) is 78.4 Å². The first-order valence-electron chi connectivity index (χ1n) is 14.2. The van der Waals surface area contributed by atoms with Gasteiger partial charge in [0.05, 0.1) is 13.2 Å². The zero-order valence-electron chi connectivity index (χ0n) is 24.2. The van der Waals surface area contributed by atoms with Gasteiger partial charge in [-0.25, -0.2) is 0 Å². The van der Waals surface area contributed by atoms with E-state index in [2.05, 4.69) is 20.3 Å². The minimum absolute atomic E-state index is 0.0131. The van der Waals surface area contributed by atoms with E-state index in [1.807, 2.05) is 73.0 Å². The lowest BCUT2D eigenvalue weighted by molar-refractivity contribution is -0.0695. The molecule has 1 unspecified atom stereocenters. The summed E-state index contributed by atoms with van der Waals surface area (Å²) in [6, 6.07) is 16.2. The second-order valence-electron chi connectivity index (χ2n) is 12.2. The van der Waals surface area contributed by atoms with E-state index in [1.54, 1.807) is 31.6 Å². The number of pyridine rings is 2. The number of likely N-dealkylation sites (tertiary alicyclic amines) is 2. The average Bonchev–Trinajstić information content (AvgIpc) is 3.73. The lowest BCUT2D eigenvalue weighted by Crippen LogP contribution is -2.61. The van der Waals surface area contributed by atoms with Crippen LogP contribution in [0.25, 0.3) is 22.2 Å². The van der Waals surface area contributed by atoms with Crippen molar-refractivity contribution in [2.24, 2.45) is 5.41 Å². The van der Waals surface area contributed by atoms with Crippen LogP contribution in [0.2, 0.25) is 0 Å². The standard InChI is InChI=1S/C32H36N6O4/c1-32(2,3)28(36-29(39)25-14-19-8-5-6-9-23(19)35-25)31(41)38-18-21-15-22(38)17-37(21)30(40)24-12-11-20(16-34-24)27-26(42-4)10-7-13-33-27/h5-14,16,21-22,28,31,35,41H,15,17-18H2,1-4H3,(H,36,39)/t21-,22-,28+,31?/m0/s1. The number of para-hydroxylation sites is 1. The Morgan fingerprint density at radius 2 is 1.88 bits per heavy atom. The van der Waals surface area contributed by atoms with E-state index < -0.39 is 17.7 Å². The smallest absolute Gasteiger partial charge is 0.272 e. The molecule has 0 saturated carbocycles. The SMILES string of the molecule is COc1cccnc1-c1ccc(C(=O)N2C[C@@H]3C[C@H]2CN3C(O)[C@@H](NC(=O)c2cc3ccccc3[nH]2)C(C)(C)C)nc1. The summed E-state index contributed by atoms with van der Waals surface area (Å²) < 4.78 is 5.40. The van der Waals surface area contributed by atoms with Crippen LogP contribution in [-0.2, 0) is 0 Å². The van der Waals surface area contributed by atoms with Gasteiger partial charge in [-0.2, -0.15) is 0 Å². The van der Waals surface area contributed by atoms with E-state index in [-0.39, 0.29) is 23.9 Å². The quantitative estimate of drug-likeness (QED) is 0.311. The molecule has 3 N–H and O–H groups in total. The Bertz CT molecular complexity index is 1580. The maximum Gasteiger partial charge on any atom is 0.272 e. The topological polar surface area (TPSA) is 124 Å². The third-order valence-corrected chi connectivity index (χ3v) is 8.42. The number of hydrogen-bond acceptors (Lipinski definition) is 7. The summed E-state index contributed by atoms with van der Waals surface area (Å²) in [7, 11) is 1.59. The number of methoxy groups -OCH3 is 1. The zero-order valence-corrected chi connectivity index (χ0v) is 24.2. The van der Waals surface area contributed by atoms with Gasteiger partial charge in [-0.15, -0.1) is 0 Å². The van der Waals surface area contributed by atoms with E-state index in [1.165, 1.54) is 0 Å². The summed E-state index contributed by atoms with van der Waals surface area (Å²) in [4.78, 5) is 42.6. The molecule has 218 valence electrons. The van der Waals surface area contributed by atoms with Gasteiger partial charge in [-0.3, -0.25) is 24.5 Å². The number of H-pyrrole nitrogens is 1. The third-order valence-electron chi connectivity index (χ3n) is 8.42. The second kappa shape index (κ2) is 10.8. The number of ether oxygens (including phenoxy) is 1. The summed E-state index contributed by atoms with van der Waals surface area (Å²) in [6.07, 6.45) is 3.19. The van der Waals surface area contributed by atoms with Crippen molar-refractivity contribution in [2.45, 2.75) is 51.5 Å². The third kappa shape index (κ3) is 5.12. The van der Waals surface area contributed by atoms with Crippen molar-refractivity contribution in [1.82, 2.24) is 30.1 Å². The van der Waals surface area contributed by atoms with Gasteiger partial charge >= 0.3 is 0 Å².